The van der Waals surface area contributed by atoms with E-state index in [2.05, 4.69) is 15.5 Å². The Bertz CT molecular complexity index is 1320. The number of rotatable bonds is 5. The number of nitrogens with zero attached hydrogens (tertiary/aromatic N) is 3. The average Bonchev–Trinajstić information content (AvgIpc) is 3.50. The molecule has 0 fully saturated rings. The predicted octanol–water partition coefficient (Wildman–Crippen LogP) is 5.77. The van der Waals surface area contributed by atoms with E-state index in [1.807, 2.05) is 17.5 Å². The molecule has 1 aliphatic heterocycles. The minimum absolute atomic E-state index is 0.226. The van der Waals surface area contributed by atoms with Crippen molar-refractivity contribution in [3.63, 3.8) is 0 Å². The standard InChI is InChI=1S/C24H18F2N4O2S/c1-14-20(23-28-22(29-32-23)19-3-2-12-33-19)21(16-6-10-18(26)11-7-16)27-24(31)30(14)13-15-4-8-17(25)9-5-15/h2-12,21H,13H2,1H3,(H,27,31). The summed E-state index contributed by atoms with van der Waals surface area (Å²) in [7, 11) is 0. The van der Waals surface area contributed by atoms with E-state index in [4.69, 9.17) is 4.52 Å². The van der Waals surface area contributed by atoms with Crippen LogP contribution in [0.5, 0.6) is 0 Å². The van der Waals surface area contributed by atoms with Crippen LogP contribution in [0.15, 0.2) is 76.3 Å². The van der Waals surface area contributed by atoms with Gasteiger partial charge in [-0.15, -0.1) is 11.3 Å². The van der Waals surface area contributed by atoms with Gasteiger partial charge in [0.15, 0.2) is 0 Å². The van der Waals surface area contributed by atoms with Crippen molar-refractivity contribution in [1.82, 2.24) is 20.4 Å². The summed E-state index contributed by atoms with van der Waals surface area (Å²) in [6.45, 7) is 2.02. The minimum Gasteiger partial charge on any atom is -0.334 e. The number of urea groups is 1. The third kappa shape index (κ3) is 4.14. The van der Waals surface area contributed by atoms with E-state index < -0.39 is 6.04 Å². The van der Waals surface area contributed by atoms with Crippen LogP contribution >= 0.6 is 11.3 Å². The zero-order valence-corrected chi connectivity index (χ0v) is 18.3. The van der Waals surface area contributed by atoms with Crippen LogP contribution in [0.25, 0.3) is 16.3 Å². The summed E-state index contributed by atoms with van der Waals surface area (Å²) in [5, 5.41) is 8.99. The van der Waals surface area contributed by atoms with Crippen molar-refractivity contribution in [2.45, 2.75) is 19.5 Å². The van der Waals surface area contributed by atoms with E-state index in [0.29, 0.717) is 22.7 Å². The summed E-state index contributed by atoms with van der Waals surface area (Å²) >= 11 is 1.49. The van der Waals surface area contributed by atoms with Gasteiger partial charge in [-0.25, -0.2) is 13.6 Å². The Kier molecular flexibility index (Phi) is 5.47. The van der Waals surface area contributed by atoms with Gasteiger partial charge in [-0.3, -0.25) is 4.90 Å². The first kappa shape index (κ1) is 21.0. The van der Waals surface area contributed by atoms with Crippen LogP contribution in [0.3, 0.4) is 0 Å². The molecule has 3 heterocycles. The van der Waals surface area contributed by atoms with Gasteiger partial charge in [0.05, 0.1) is 23.0 Å². The molecule has 0 aliphatic carbocycles. The zero-order valence-electron chi connectivity index (χ0n) is 17.5. The molecule has 2 aromatic heterocycles. The highest BCUT2D eigenvalue weighted by Crippen LogP contribution is 2.38. The summed E-state index contributed by atoms with van der Waals surface area (Å²) in [5.41, 5.74) is 2.66. The van der Waals surface area contributed by atoms with Crippen LogP contribution in [0.4, 0.5) is 13.6 Å². The molecule has 0 saturated heterocycles. The summed E-state index contributed by atoms with van der Waals surface area (Å²) in [6, 6.07) is 14.7. The smallest absolute Gasteiger partial charge is 0.322 e. The Hall–Kier alpha value is -3.85. The Morgan fingerprint density at radius 2 is 1.76 bits per heavy atom. The van der Waals surface area contributed by atoms with Gasteiger partial charge < -0.3 is 9.84 Å². The number of thiophene rings is 1. The van der Waals surface area contributed by atoms with Gasteiger partial charge in [-0.1, -0.05) is 35.5 Å². The molecule has 1 unspecified atom stereocenters. The van der Waals surface area contributed by atoms with Crippen LogP contribution in [0.2, 0.25) is 0 Å². The maximum Gasteiger partial charge on any atom is 0.322 e. The Morgan fingerprint density at radius 1 is 1.06 bits per heavy atom. The number of carbonyl (C=O) groups excluding carboxylic acids is 1. The molecular formula is C24H18F2N4O2S. The molecule has 5 rings (SSSR count). The number of nitrogens with one attached hydrogen (secondary N) is 1. The third-order valence-corrected chi connectivity index (χ3v) is 6.32. The second-order valence-electron chi connectivity index (χ2n) is 7.55. The molecule has 1 N–H and O–H groups in total. The molecule has 4 aromatic rings. The second-order valence-corrected chi connectivity index (χ2v) is 8.49. The van der Waals surface area contributed by atoms with Crippen LogP contribution in [0.1, 0.15) is 30.0 Å². The lowest BCUT2D eigenvalue weighted by atomic mass is 9.94. The minimum atomic E-state index is -0.612. The maximum atomic E-state index is 13.5. The number of hydrogen-bond acceptors (Lipinski definition) is 5. The quantitative estimate of drug-likeness (QED) is 0.407. The van der Waals surface area contributed by atoms with E-state index in [0.717, 1.165) is 10.4 Å². The molecule has 6 nitrogen and oxygen atoms in total. The number of benzene rings is 2. The highest BCUT2D eigenvalue weighted by atomic mass is 32.1. The molecule has 1 atom stereocenters. The number of halogens is 2. The van der Waals surface area contributed by atoms with Crippen molar-refractivity contribution in [2.24, 2.45) is 0 Å². The summed E-state index contributed by atoms with van der Waals surface area (Å²) < 4.78 is 32.5. The van der Waals surface area contributed by atoms with Crippen molar-refractivity contribution in [2.75, 3.05) is 0 Å². The summed E-state index contributed by atoms with van der Waals surface area (Å²) in [6.07, 6.45) is 0. The molecule has 1 aliphatic rings. The highest BCUT2D eigenvalue weighted by molar-refractivity contribution is 7.13. The highest BCUT2D eigenvalue weighted by Gasteiger charge is 2.35. The summed E-state index contributed by atoms with van der Waals surface area (Å²) in [5.74, 6) is -0.0218. The van der Waals surface area contributed by atoms with Crippen LogP contribution in [-0.4, -0.2) is 21.1 Å². The third-order valence-electron chi connectivity index (χ3n) is 5.45. The predicted molar refractivity (Wildman–Crippen MR) is 120 cm³/mol. The molecule has 9 heteroatoms. The van der Waals surface area contributed by atoms with Crippen LogP contribution in [-0.2, 0) is 6.54 Å². The van der Waals surface area contributed by atoms with E-state index in [-0.39, 0.29) is 30.1 Å². The average molecular weight is 464 g/mol. The van der Waals surface area contributed by atoms with Crippen molar-refractivity contribution >= 4 is 22.9 Å². The fraction of sp³-hybridized carbons (Fsp3) is 0.125. The Labute approximate surface area is 192 Å². The molecule has 0 saturated carbocycles. The van der Waals surface area contributed by atoms with E-state index in [9.17, 15) is 13.6 Å². The van der Waals surface area contributed by atoms with Crippen molar-refractivity contribution in [3.05, 3.63) is 100 Å². The molecule has 0 spiro atoms. The van der Waals surface area contributed by atoms with Gasteiger partial charge in [0.25, 0.3) is 5.89 Å². The van der Waals surface area contributed by atoms with Gasteiger partial charge in [0.2, 0.25) is 5.82 Å². The number of carbonyl (C=O) groups is 1. The lowest BCUT2D eigenvalue weighted by Crippen LogP contribution is -2.45. The van der Waals surface area contributed by atoms with Gasteiger partial charge in [-0.05, 0) is 53.8 Å². The van der Waals surface area contributed by atoms with E-state index in [1.165, 1.54) is 40.5 Å². The second kappa shape index (κ2) is 8.59. The fourth-order valence-electron chi connectivity index (χ4n) is 3.77. The first-order chi connectivity index (χ1) is 16.0. The number of aromatic nitrogens is 2. The first-order valence-corrected chi connectivity index (χ1v) is 11.0. The molecule has 2 aromatic carbocycles. The maximum absolute atomic E-state index is 13.5. The monoisotopic (exact) mass is 464 g/mol. The first-order valence-electron chi connectivity index (χ1n) is 10.2. The zero-order chi connectivity index (χ0) is 22.9. The molecule has 166 valence electrons. The normalized spacial score (nSPS) is 16.3. The van der Waals surface area contributed by atoms with E-state index in [1.54, 1.807) is 31.2 Å². The van der Waals surface area contributed by atoms with Gasteiger partial charge in [-0.2, -0.15) is 4.98 Å². The van der Waals surface area contributed by atoms with Gasteiger partial charge in [0.1, 0.15) is 11.6 Å². The summed E-state index contributed by atoms with van der Waals surface area (Å²) in [4.78, 5) is 20.0. The lowest BCUT2D eigenvalue weighted by molar-refractivity contribution is 0.203. The molecule has 2 amide bonds. The SMILES string of the molecule is CC1=C(c2nc(-c3cccs3)no2)C(c2ccc(F)cc2)NC(=O)N1Cc1ccc(F)cc1. The van der Waals surface area contributed by atoms with Crippen LogP contribution < -0.4 is 5.32 Å². The molecule has 0 radical (unpaired) electrons. The largest absolute Gasteiger partial charge is 0.334 e. The molecular weight excluding hydrogens is 446 g/mol. The number of hydrogen-bond donors (Lipinski definition) is 1. The molecule has 33 heavy (non-hydrogen) atoms. The fourth-order valence-corrected chi connectivity index (χ4v) is 4.41. The number of amides is 2. The number of allylic oxidation sites excluding steroid dienone is 1. The van der Waals surface area contributed by atoms with Crippen LogP contribution in [0, 0.1) is 11.6 Å². The lowest BCUT2D eigenvalue weighted by Gasteiger charge is -2.35. The Morgan fingerprint density at radius 3 is 2.42 bits per heavy atom. The van der Waals surface area contributed by atoms with Crippen molar-refractivity contribution in [1.29, 1.82) is 0 Å². The van der Waals surface area contributed by atoms with Gasteiger partial charge in [0, 0.05) is 5.70 Å². The topological polar surface area (TPSA) is 71.3 Å². The van der Waals surface area contributed by atoms with Crippen molar-refractivity contribution < 1.29 is 18.1 Å². The van der Waals surface area contributed by atoms with Gasteiger partial charge >= 0.3 is 6.03 Å². The molecule has 0 bridgehead atoms. The van der Waals surface area contributed by atoms with E-state index >= 15 is 0 Å². The van der Waals surface area contributed by atoms with Crippen molar-refractivity contribution in [3.8, 4) is 10.7 Å². The Balaban J connectivity index is 1.59.